The molecular formula is CHO4P. The van der Waals surface area contributed by atoms with Crippen molar-refractivity contribution in [2.24, 2.45) is 0 Å². The van der Waals surface area contributed by atoms with Crippen LogP contribution in [0.1, 0.15) is 0 Å². The molecule has 0 saturated carbocycles. The third-order valence-corrected chi connectivity index (χ3v) is 3.00. The second-order valence-corrected chi connectivity index (χ2v) is 3.22. The van der Waals surface area contributed by atoms with Crippen molar-refractivity contribution in [1.82, 2.24) is 0 Å². The molecule has 4 nitrogen and oxygen atoms in total. The van der Waals surface area contributed by atoms with Crippen molar-refractivity contribution < 1.29 is 18.1 Å². The first-order chi connectivity index (χ1) is 2.83. The summed E-state index contributed by atoms with van der Waals surface area (Å²) in [6, 6.07) is 0. The molecule has 0 unspecified atom stereocenters. The predicted molar refractivity (Wildman–Crippen MR) is 15.4 cm³/mol. The number of hydrogen-bond acceptors (Lipinski definition) is 4. The topological polar surface area (TPSA) is 36.9 Å². The molecule has 0 amide bonds. The van der Waals surface area contributed by atoms with Gasteiger partial charge in [0.15, 0.2) is 0 Å². The third kappa shape index (κ3) is 0.0775. The molecule has 0 aromatic heterocycles. The summed E-state index contributed by atoms with van der Waals surface area (Å²) in [5.74, 6) is 0. The molecule has 0 spiro atoms. The Morgan fingerprint density at radius 2 is 1.17 bits per heavy atom. The molecule has 6 aliphatic rings. The van der Waals surface area contributed by atoms with E-state index >= 15 is 0 Å². The Kier molecular flexibility index (Phi) is 0.154. The van der Waals surface area contributed by atoms with Gasteiger partial charge >= 0.3 is 32.4 Å². The molecule has 0 N–H and O–H groups in total. The summed E-state index contributed by atoms with van der Waals surface area (Å²) in [7, 11) is -2.17. The van der Waals surface area contributed by atoms with Crippen LogP contribution in [0.4, 0.5) is 0 Å². The van der Waals surface area contributed by atoms with Crippen molar-refractivity contribution in [2.45, 2.75) is 6.16 Å². The second kappa shape index (κ2) is 0.363. The average Bonchev–Trinajstić information content (AvgIpc) is 0.503. The van der Waals surface area contributed by atoms with Crippen LogP contribution in [0.25, 0.3) is 0 Å². The van der Waals surface area contributed by atoms with Crippen LogP contribution in [-0.2, 0) is 18.1 Å². The SMILES string of the molecule is O1C23O[PH]1(O2)O3. The molecule has 5 heteroatoms. The van der Waals surface area contributed by atoms with Gasteiger partial charge in [0.05, 0.1) is 0 Å². The van der Waals surface area contributed by atoms with Gasteiger partial charge in [-0.25, -0.2) is 0 Å². The van der Waals surface area contributed by atoms with Crippen molar-refractivity contribution >= 4 is 8.17 Å². The molecule has 0 atom stereocenters. The third-order valence-electron chi connectivity index (χ3n) is 1.000. The summed E-state index contributed by atoms with van der Waals surface area (Å²) in [5.41, 5.74) is 0. The molecule has 6 saturated heterocycles. The van der Waals surface area contributed by atoms with Gasteiger partial charge in [-0.05, 0) is 0 Å². The summed E-state index contributed by atoms with van der Waals surface area (Å²) in [6.07, 6.45) is -0.938. The number of hydrogen-bond donors (Lipinski definition) is 0. The van der Waals surface area contributed by atoms with Gasteiger partial charge in [-0.1, -0.05) is 0 Å². The van der Waals surface area contributed by atoms with Gasteiger partial charge in [-0.2, -0.15) is 0 Å². The van der Waals surface area contributed by atoms with Gasteiger partial charge in [0.25, 0.3) is 0 Å². The zero-order chi connectivity index (χ0) is 3.83. The zero-order valence-electron chi connectivity index (χ0n) is 2.63. The predicted octanol–water partition coefficient (Wildman–Crippen LogP) is 0.115. The zero-order valence-corrected chi connectivity index (χ0v) is 3.63. The van der Waals surface area contributed by atoms with Crippen molar-refractivity contribution in [2.75, 3.05) is 0 Å². The van der Waals surface area contributed by atoms with E-state index in [0.717, 1.165) is 0 Å². The molecule has 0 aliphatic carbocycles. The van der Waals surface area contributed by atoms with E-state index in [2.05, 4.69) is 0 Å². The van der Waals surface area contributed by atoms with E-state index in [4.69, 9.17) is 18.1 Å². The van der Waals surface area contributed by atoms with Gasteiger partial charge in [-0.3, -0.25) is 0 Å². The summed E-state index contributed by atoms with van der Waals surface area (Å²) >= 11 is 0. The van der Waals surface area contributed by atoms with E-state index in [1.807, 2.05) is 0 Å². The Balaban J connectivity index is 2.31. The van der Waals surface area contributed by atoms with Crippen LogP contribution in [0.2, 0.25) is 0 Å². The Morgan fingerprint density at radius 3 is 1.17 bits per heavy atom. The molecule has 0 aromatic carbocycles. The molecule has 6 rings (SSSR count). The monoisotopic (exact) mass is 108 g/mol. The van der Waals surface area contributed by atoms with Crippen LogP contribution >= 0.6 is 8.17 Å². The number of rotatable bonds is 0. The summed E-state index contributed by atoms with van der Waals surface area (Å²) in [5, 5.41) is 0. The van der Waals surface area contributed by atoms with Crippen LogP contribution < -0.4 is 0 Å². The van der Waals surface area contributed by atoms with Crippen molar-refractivity contribution in [1.29, 1.82) is 0 Å². The van der Waals surface area contributed by atoms with Crippen LogP contribution in [0, 0.1) is 0 Å². The van der Waals surface area contributed by atoms with E-state index in [9.17, 15) is 0 Å². The molecular weight excluding hydrogens is 107 g/mol. The fraction of sp³-hybridized carbons (Fsp3) is 1.00. The molecule has 6 aliphatic heterocycles. The standard InChI is InChI=1S/CHO4P/c2-1-3-6(2,4-1)5-1/h6H. The molecule has 34 valence electrons. The Hall–Kier alpha value is 0.270. The molecule has 6 fully saturated rings. The Bertz CT molecular complexity index is 84.5. The minimum atomic E-state index is -2.17. The van der Waals surface area contributed by atoms with Crippen LogP contribution in [0.3, 0.4) is 0 Å². The summed E-state index contributed by atoms with van der Waals surface area (Å²) in [6.45, 7) is 0. The first-order valence-electron chi connectivity index (χ1n) is 1.63. The van der Waals surface area contributed by atoms with E-state index < -0.39 is 14.3 Å². The van der Waals surface area contributed by atoms with Gasteiger partial charge in [-0.15, -0.1) is 0 Å². The van der Waals surface area contributed by atoms with Crippen LogP contribution in [0.5, 0.6) is 0 Å². The van der Waals surface area contributed by atoms with Gasteiger partial charge < -0.3 is 0 Å². The average molecular weight is 108 g/mol. The van der Waals surface area contributed by atoms with Crippen molar-refractivity contribution in [3.05, 3.63) is 0 Å². The van der Waals surface area contributed by atoms with Gasteiger partial charge in [0, 0.05) is 0 Å². The fourth-order valence-electron chi connectivity index (χ4n) is 0.658. The normalized spacial score (nSPS) is 69.3. The molecule has 0 radical (unpaired) electrons. The van der Waals surface area contributed by atoms with Crippen molar-refractivity contribution in [3.63, 3.8) is 0 Å². The van der Waals surface area contributed by atoms with Crippen molar-refractivity contribution in [3.8, 4) is 0 Å². The first-order valence-corrected chi connectivity index (χ1v) is 3.27. The second-order valence-electron chi connectivity index (χ2n) is 1.41. The Morgan fingerprint density at radius 1 is 1.00 bits per heavy atom. The van der Waals surface area contributed by atoms with E-state index in [1.54, 1.807) is 0 Å². The van der Waals surface area contributed by atoms with Gasteiger partial charge in [0.1, 0.15) is 0 Å². The maximum absolute atomic E-state index is 4.76. The van der Waals surface area contributed by atoms with E-state index in [-0.39, 0.29) is 0 Å². The molecule has 2 bridgehead atoms. The van der Waals surface area contributed by atoms with E-state index in [0.29, 0.717) is 0 Å². The quantitative estimate of drug-likeness (QED) is 0.413. The molecule has 0 aromatic rings. The minimum absolute atomic E-state index is 0.938. The van der Waals surface area contributed by atoms with Crippen LogP contribution in [-0.4, -0.2) is 6.16 Å². The molecule has 6 heterocycles. The van der Waals surface area contributed by atoms with Crippen LogP contribution in [0.15, 0.2) is 0 Å². The van der Waals surface area contributed by atoms with Gasteiger partial charge in [0.2, 0.25) is 0 Å². The van der Waals surface area contributed by atoms with E-state index in [1.165, 1.54) is 0 Å². The summed E-state index contributed by atoms with van der Waals surface area (Å²) in [4.78, 5) is 0. The first kappa shape index (κ1) is 2.55. The molecule has 6 heavy (non-hydrogen) atoms. The summed E-state index contributed by atoms with van der Waals surface area (Å²) < 4.78 is 19.1. The maximum atomic E-state index is 4.76. The Labute approximate surface area is 33.6 Å². The fourth-order valence-corrected chi connectivity index (χ4v) is 1.97.